The molecule has 25 heavy (non-hydrogen) atoms. The lowest BCUT2D eigenvalue weighted by molar-refractivity contribution is 0.0526. The predicted molar refractivity (Wildman–Crippen MR) is 98.7 cm³/mol. The molecule has 8 heteroatoms. The molecule has 6 nitrogen and oxygen atoms in total. The summed E-state index contributed by atoms with van der Waals surface area (Å²) in [6.45, 7) is 2.00. The van der Waals surface area contributed by atoms with E-state index in [2.05, 4.69) is 15.9 Å². The molecule has 0 aliphatic rings. The number of sulfonamides is 1. The van der Waals surface area contributed by atoms with Crippen LogP contribution in [-0.4, -0.2) is 35.2 Å². The van der Waals surface area contributed by atoms with Gasteiger partial charge in [-0.05, 0) is 65.3 Å². The van der Waals surface area contributed by atoms with Gasteiger partial charge >= 0.3 is 5.97 Å². The van der Waals surface area contributed by atoms with Crippen LogP contribution in [0.4, 0.5) is 5.69 Å². The van der Waals surface area contributed by atoms with Gasteiger partial charge in [-0.2, -0.15) is 0 Å². The molecule has 0 atom stereocenters. The number of carbonyl (C=O) groups is 1. The van der Waals surface area contributed by atoms with Gasteiger partial charge in [0.05, 0.1) is 34.3 Å². The molecule has 0 aliphatic heterocycles. The maximum Gasteiger partial charge on any atom is 0.338 e. The number of esters is 1. The van der Waals surface area contributed by atoms with E-state index in [9.17, 15) is 13.2 Å². The summed E-state index contributed by atoms with van der Waals surface area (Å²) in [5.74, 6) is 0.0963. The fraction of sp³-hybridized carbons (Fsp3) is 0.235. The molecule has 0 bridgehead atoms. The molecule has 0 heterocycles. The van der Waals surface area contributed by atoms with Gasteiger partial charge in [-0.15, -0.1) is 0 Å². The Morgan fingerprint density at radius 2 is 1.80 bits per heavy atom. The zero-order valence-electron chi connectivity index (χ0n) is 14.0. The minimum atomic E-state index is -3.75. The fourth-order valence-corrected chi connectivity index (χ4v) is 4.04. The summed E-state index contributed by atoms with van der Waals surface area (Å²) >= 11 is 3.29. The third-order valence-electron chi connectivity index (χ3n) is 3.52. The highest BCUT2D eigenvalue weighted by molar-refractivity contribution is 9.10. The predicted octanol–water partition coefficient (Wildman–Crippen LogP) is 3.46. The number of rotatable bonds is 6. The second-order valence-electron chi connectivity index (χ2n) is 5.04. The Morgan fingerprint density at radius 3 is 2.32 bits per heavy atom. The number of hydrogen-bond donors (Lipinski definition) is 0. The molecule has 0 aliphatic carbocycles. The van der Waals surface area contributed by atoms with Crippen LogP contribution in [0.25, 0.3) is 0 Å². The van der Waals surface area contributed by atoms with Crippen LogP contribution in [0.5, 0.6) is 5.75 Å². The van der Waals surface area contributed by atoms with Crippen LogP contribution < -0.4 is 9.04 Å². The van der Waals surface area contributed by atoms with E-state index in [-0.39, 0.29) is 11.5 Å². The molecule has 0 saturated carbocycles. The summed E-state index contributed by atoms with van der Waals surface area (Å²) < 4.78 is 37.3. The summed E-state index contributed by atoms with van der Waals surface area (Å²) in [7, 11) is -0.795. The summed E-state index contributed by atoms with van der Waals surface area (Å²) in [5.41, 5.74) is 0.795. The molecule has 0 spiro atoms. The van der Waals surface area contributed by atoms with Gasteiger partial charge in [0.2, 0.25) is 0 Å². The Bertz CT molecular complexity index is 865. The van der Waals surface area contributed by atoms with Crippen LogP contribution >= 0.6 is 15.9 Å². The first-order valence-electron chi connectivity index (χ1n) is 7.41. The highest BCUT2D eigenvalue weighted by Gasteiger charge is 2.22. The van der Waals surface area contributed by atoms with E-state index >= 15 is 0 Å². The number of anilines is 1. The Labute approximate surface area is 155 Å². The highest BCUT2D eigenvalue weighted by Crippen LogP contribution is 2.30. The van der Waals surface area contributed by atoms with Gasteiger partial charge in [-0.1, -0.05) is 0 Å². The summed E-state index contributed by atoms with van der Waals surface area (Å²) in [6.07, 6.45) is 0. The normalized spacial score (nSPS) is 11.0. The lowest BCUT2D eigenvalue weighted by Crippen LogP contribution is -2.26. The molecule has 0 unspecified atom stereocenters. The number of benzene rings is 2. The van der Waals surface area contributed by atoms with Crippen molar-refractivity contribution in [3.63, 3.8) is 0 Å². The Balaban J connectivity index is 2.30. The second kappa shape index (κ2) is 7.88. The largest absolute Gasteiger partial charge is 0.496 e. The standard InChI is InChI=1S/C17H18BrNO5S/c1-4-24-17(20)12-5-7-13(8-6-12)19(2)25(21,22)14-9-10-16(23-3)15(18)11-14/h5-11H,4H2,1-3H3. The fourth-order valence-electron chi connectivity index (χ4n) is 2.13. The molecule has 0 amide bonds. The topological polar surface area (TPSA) is 72.9 Å². The first-order valence-corrected chi connectivity index (χ1v) is 9.64. The SMILES string of the molecule is CCOC(=O)c1ccc(N(C)S(=O)(=O)c2ccc(OC)c(Br)c2)cc1. The van der Waals surface area contributed by atoms with Gasteiger partial charge in [0.1, 0.15) is 5.75 Å². The monoisotopic (exact) mass is 427 g/mol. The molecule has 2 aromatic carbocycles. The minimum Gasteiger partial charge on any atom is -0.496 e. The van der Waals surface area contributed by atoms with Crippen LogP contribution in [0.15, 0.2) is 51.8 Å². The lowest BCUT2D eigenvalue weighted by Gasteiger charge is -2.20. The first kappa shape index (κ1) is 19.3. The molecular weight excluding hydrogens is 410 g/mol. The van der Waals surface area contributed by atoms with E-state index in [1.165, 1.54) is 38.4 Å². The Hall–Kier alpha value is -2.06. The van der Waals surface area contributed by atoms with Crippen molar-refractivity contribution in [1.29, 1.82) is 0 Å². The summed E-state index contributed by atoms with van der Waals surface area (Å²) in [6, 6.07) is 10.7. The van der Waals surface area contributed by atoms with E-state index in [0.29, 0.717) is 21.5 Å². The Morgan fingerprint density at radius 1 is 1.16 bits per heavy atom. The number of halogens is 1. The van der Waals surface area contributed by atoms with Crippen LogP contribution in [0.2, 0.25) is 0 Å². The molecule has 0 radical (unpaired) electrons. The highest BCUT2D eigenvalue weighted by atomic mass is 79.9. The van der Waals surface area contributed by atoms with Crippen molar-refractivity contribution >= 4 is 37.6 Å². The molecule has 134 valence electrons. The van der Waals surface area contributed by atoms with Crippen molar-refractivity contribution in [3.05, 3.63) is 52.5 Å². The van der Waals surface area contributed by atoms with Crippen LogP contribution in [0, 0.1) is 0 Å². The van der Waals surface area contributed by atoms with Crippen molar-refractivity contribution in [2.45, 2.75) is 11.8 Å². The summed E-state index contributed by atoms with van der Waals surface area (Å²) in [5, 5.41) is 0. The molecule has 0 fully saturated rings. The number of methoxy groups -OCH3 is 1. The van der Waals surface area contributed by atoms with Gasteiger partial charge in [-0.3, -0.25) is 4.31 Å². The maximum atomic E-state index is 12.8. The van der Waals surface area contributed by atoms with Crippen molar-refractivity contribution < 1.29 is 22.7 Å². The average molecular weight is 428 g/mol. The van der Waals surface area contributed by atoms with E-state index in [0.717, 1.165) is 4.31 Å². The van der Waals surface area contributed by atoms with Gasteiger partial charge in [0.25, 0.3) is 10.0 Å². The second-order valence-corrected chi connectivity index (χ2v) is 7.86. The molecule has 2 aromatic rings. The van der Waals surface area contributed by atoms with Crippen molar-refractivity contribution in [2.24, 2.45) is 0 Å². The maximum absolute atomic E-state index is 12.8. The number of hydrogen-bond acceptors (Lipinski definition) is 5. The molecule has 0 N–H and O–H groups in total. The van der Waals surface area contributed by atoms with E-state index in [1.807, 2.05) is 0 Å². The zero-order valence-corrected chi connectivity index (χ0v) is 16.4. The number of nitrogens with zero attached hydrogens (tertiary/aromatic N) is 1. The zero-order chi connectivity index (χ0) is 18.6. The third-order valence-corrected chi connectivity index (χ3v) is 5.92. The quantitative estimate of drug-likeness (QED) is 0.659. The molecular formula is C17H18BrNO5S. The van der Waals surface area contributed by atoms with Gasteiger partial charge < -0.3 is 9.47 Å². The van der Waals surface area contributed by atoms with Crippen molar-refractivity contribution in [2.75, 3.05) is 25.1 Å². The minimum absolute atomic E-state index is 0.122. The van der Waals surface area contributed by atoms with Crippen LogP contribution in [0.1, 0.15) is 17.3 Å². The molecule has 0 saturated heterocycles. The van der Waals surface area contributed by atoms with Gasteiger partial charge in [-0.25, -0.2) is 13.2 Å². The first-order chi connectivity index (χ1) is 11.8. The van der Waals surface area contributed by atoms with E-state index in [4.69, 9.17) is 9.47 Å². The Kier molecular flexibility index (Phi) is 6.07. The van der Waals surface area contributed by atoms with Crippen molar-refractivity contribution in [3.8, 4) is 5.75 Å². The average Bonchev–Trinajstić information content (AvgIpc) is 2.61. The van der Waals surface area contributed by atoms with E-state index < -0.39 is 16.0 Å². The smallest absolute Gasteiger partial charge is 0.338 e. The lowest BCUT2D eigenvalue weighted by atomic mass is 10.2. The molecule has 0 aromatic heterocycles. The van der Waals surface area contributed by atoms with Crippen LogP contribution in [-0.2, 0) is 14.8 Å². The number of ether oxygens (including phenoxy) is 2. The number of carbonyl (C=O) groups excluding carboxylic acids is 1. The third kappa shape index (κ3) is 4.13. The van der Waals surface area contributed by atoms with Crippen LogP contribution in [0.3, 0.4) is 0 Å². The van der Waals surface area contributed by atoms with Gasteiger partial charge in [0.15, 0.2) is 0 Å². The van der Waals surface area contributed by atoms with E-state index in [1.54, 1.807) is 25.1 Å². The van der Waals surface area contributed by atoms with Crippen molar-refractivity contribution in [1.82, 2.24) is 0 Å². The summed E-state index contributed by atoms with van der Waals surface area (Å²) in [4.78, 5) is 11.8. The molecule has 2 rings (SSSR count). The van der Waals surface area contributed by atoms with Gasteiger partial charge in [0, 0.05) is 7.05 Å².